The van der Waals surface area contributed by atoms with E-state index in [4.69, 9.17) is 11.3 Å². The highest BCUT2D eigenvalue weighted by atomic mass is 16.5. The zero-order valence-corrected chi connectivity index (χ0v) is 10.1. The second kappa shape index (κ2) is 6.66. The zero-order chi connectivity index (χ0) is 12.7. The topological polar surface area (TPSA) is 33.9 Å². The SMILES string of the molecule is [C-]#[N+]c1ccc(CN(C)CC(=O)OCC)cc1. The van der Waals surface area contributed by atoms with Crippen molar-refractivity contribution in [3.05, 3.63) is 41.2 Å². The van der Waals surface area contributed by atoms with Gasteiger partial charge in [0.25, 0.3) is 0 Å². The van der Waals surface area contributed by atoms with Crippen molar-refractivity contribution in [2.24, 2.45) is 0 Å². The molecule has 0 saturated heterocycles. The van der Waals surface area contributed by atoms with Gasteiger partial charge in [0.05, 0.1) is 19.7 Å². The molecule has 0 fully saturated rings. The number of esters is 1. The van der Waals surface area contributed by atoms with Crippen LogP contribution in [-0.4, -0.2) is 31.1 Å². The molecule has 0 atom stereocenters. The third-order valence-electron chi connectivity index (χ3n) is 2.22. The van der Waals surface area contributed by atoms with Gasteiger partial charge in [-0.2, -0.15) is 0 Å². The van der Waals surface area contributed by atoms with Crippen molar-refractivity contribution in [1.82, 2.24) is 4.90 Å². The molecule has 1 aromatic rings. The van der Waals surface area contributed by atoms with Crippen LogP contribution >= 0.6 is 0 Å². The lowest BCUT2D eigenvalue weighted by Crippen LogP contribution is -2.26. The van der Waals surface area contributed by atoms with Crippen LogP contribution < -0.4 is 0 Å². The Kier molecular flexibility index (Phi) is 5.18. The molecule has 4 nitrogen and oxygen atoms in total. The average molecular weight is 232 g/mol. The molecule has 0 aliphatic heterocycles. The van der Waals surface area contributed by atoms with Gasteiger partial charge in [0.2, 0.25) is 0 Å². The van der Waals surface area contributed by atoms with Crippen molar-refractivity contribution < 1.29 is 9.53 Å². The lowest BCUT2D eigenvalue weighted by Gasteiger charge is -2.15. The molecule has 0 amide bonds. The minimum atomic E-state index is -0.215. The molecular weight excluding hydrogens is 216 g/mol. The number of hydrogen-bond acceptors (Lipinski definition) is 3. The average Bonchev–Trinajstić information content (AvgIpc) is 2.30. The highest BCUT2D eigenvalue weighted by molar-refractivity contribution is 5.71. The molecule has 0 bridgehead atoms. The Hall–Kier alpha value is -1.86. The second-order valence-electron chi connectivity index (χ2n) is 3.76. The van der Waals surface area contributed by atoms with E-state index in [0.717, 1.165) is 5.56 Å². The second-order valence-corrected chi connectivity index (χ2v) is 3.76. The molecule has 0 aliphatic carbocycles. The summed E-state index contributed by atoms with van der Waals surface area (Å²) in [4.78, 5) is 16.4. The first kappa shape index (κ1) is 13.2. The fourth-order valence-corrected chi connectivity index (χ4v) is 1.47. The Morgan fingerprint density at radius 2 is 2.06 bits per heavy atom. The molecular formula is C13H16N2O2. The highest BCUT2D eigenvalue weighted by Crippen LogP contribution is 2.13. The van der Waals surface area contributed by atoms with Crippen LogP contribution in [0.15, 0.2) is 24.3 Å². The number of carbonyl (C=O) groups excluding carboxylic acids is 1. The molecule has 1 aromatic carbocycles. The van der Waals surface area contributed by atoms with Crippen LogP contribution in [0.25, 0.3) is 4.85 Å². The number of benzene rings is 1. The summed E-state index contributed by atoms with van der Waals surface area (Å²) in [6.45, 7) is 9.99. The molecule has 0 spiro atoms. The van der Waals surface area contributed by atoms with E-state index >= 15 is 0 Å². The van der Waals surface area contributed by atoms with Crippen LogP contribution in [0.3, 0.4) is 0 Å². The third-order valence-corrected chi connectivity index (χ3v) is 2.22. The quantitative estimate of drug-likeness (QED) is 0.576. The predicted octanol–water partition coefficient (Wildman–Crippen LogP) is 2.23. The maximum atomic E-state index is 11.2. The van der Waals surface area contributed by atoms with Gasteiger partial charge in [-0.05, 0) is 19.5 Å². The number of hydrogen-bond donors (Lipinski definition) is 0. The molecule has 1 rings (SSSR count). The van der Waals surface area contributed by atoms with Crippen molar-refractivity contribution in [1.29, 1.82) is 0 Å². The van der Waals surface area contributed by atoms with Crippen LogP contribution in [0.1, 0.15) is 12.5 Å². The molecule has 4 heteroatoms. The minimum Gasteiger partial charge on any atom is -0.465 e. The standard InChI is InChI=1S/C13H16N2O2/c1-4-17-13(16)10-15(3)9-11-5-7-12(14-2)8-6-11/h5-8H,4,9-10H2,1,3H3. The molecule has 0 radical (unpaired) electrons. The van der Waals surface area contributed by atoms with Crippen molar-refractivity contribution in [3.8, 4) is 0 Å². The first-order valence-corrected chi connectivity index (χ1v) is 5.46. The van der Waals surface area contributed by atoms with Gasteiger partial charge in [-0.1, -0.05) is 24.3 Å². The minimum absolute atomic E-state index is 0.215. The van der Waals surface area contributed by atoms with Gasteiger partial charge >= 0.3 is 5.97 Å². The van der Waals surface area contributed by atoms with E-state index in [1.807, 2.05) is 24.1 Å². The van der Waals surface area contributed by atoms with Crippen LogP contribution in [0.4, 0.5) is 5.69 Å². The van der Waals surface area contributed by atoms with Crippen LogP contribution in [-0.2, 0) is 16.1 Å². The summed E-state index contributed by atoms with van der Waals surface area (Å²) in [6.07, 6.45) is 0. The van der Waals surface area contributed by atoms with Gasteiger partial charge < -0.3 is 4.74 Å². The summed E-state index contributed by atoms with van der Waals surface area (Å²) in [5.41, 5.74) is 1.70. The maximum absolute atomic E-state index is 11.2. The molecule has 0 N–H and O–H groups in total. The third kappa shape index (κ3) is 4.66. The first-order chi connectivity index (χ1) is 8.15. The smallest absolute Gasteiger partial charge is 0.320 e. The fraction of sp³-hybridized carbons (Fsp3) is 0.385. The summed E-state index contributed by atoms with van der Waals surface area (Å²) in [6, 6.07) is 7.35. The van der Waals surface area contributed by atoms with Crippen molar-refractivity contribution in [2.75, 3.05) is 20.2 Å². The Labute approximate surface area is 102 Å². The molecule has 0 unspecified atom stereocenters. The lowest BCUT2D eigenvalue weighted by atomic mass is 10.2. The predicted molar refractivity (Wildman–Crippen MR) is 65.7 cm³/mol. The molecule has 0 aromatic heterocycles. The molecule has 0 heterocycles. The largest absolute Gasteiger partial charge is 0.465 e. The Balaban J connectivity index is 2.47. The van der Waals surface area contributed by atoms with Crippen molar-refractivity contribution in [2.45, 2.75) is 13.5 Å². The number of ether oxygens (including phenoxy) is 1. The number of likely N-dealkylation sites (N-methyl/N-ethyl adjacent to an activating group) is 1. The van der Waals surface area contributed by atoms with Gasteiger partial charge in [0, 0.05) is 6.54 Å². The number of rotatable bonds is 5. The van der Waals surface area contributed by atoms with Crippen LogP contribution in [0, 0.1) is 6.57 Å². The van der Waals surface area contributed by atoms with E-state index < -0.39 is 0 Å². The fourth-order valence-electron chi connectivity index (χ4n) is 1.47. The van der Waals surface area contributed by atoms with Crippen LogP contribution in [0.2, 0.25) is 0 Å². The maximum Gasteiger partial charge on any atom is 0.320 e. The van der Waals surface area contributed by atoms with Gasteiger partial charge in [0.15, 0.2) is 5.69 Å². The van der Waals surface area contributed by atoms with E-state index in [1.165, 1.54) is 0 Å². The van der Waals surface area contributed by atoms with Crippen molar-refractivity contribution in [3.63, 3.8) is 0 Å². The van der Waals surface area contributed by atoms with Crippen molar-refractivity contribution >= 4 is 11.7 Å². The first-order valence-electron chi connectivity index (χ1n) is 5.46. The molecule has 0 saturated carbocycles. The number of nitrogens with zero attached hydrogens (tertiary/aromatic N) is 2. The highest BCUT2D eigenvalue weighted by Gasteiger charge is 2.07. The molecule has 0 aliphatic rings. The van der Waals surface area contributed by atoms with Gasteiger partial charge in [-0.3, -0.25) is 9.69 Å². The van der Waals surface area contributed by atoms with Crippen LogP contribution in [0.5, 0.6) is 0 Å². The molecule has 17 heavy (non-hydrogen) atoms. The summed E-state index contributed by atoms with van der Waals surface area (Å²) >= 11 is 0. The zero-order valence-electron chi connectivity index (χ0n) is 10.1. The molecule has 90 valence electrons. The number of carbonyl (C=O) groups is 1. The van der Waals surface area contributed by atoms with E-state index in [-0.39, 0.29) is 12.5 Å². The summed E-state index contributed by atoms with van der Waals surface area (Å²) < 4.78 is 4.87. The normalized spacial score (nSPS) is 10.0. The van der Waals surface area contributed by atoms with E-state index in [0.29, 0.717) is 18.8 Å². The van der Waals surface area contributed by atoms with Gasteiger partial charge in [-0.15, -0.1) is 0 Å². The van der Waals surface area contributed by atoms with Gasteiger partial charge in [-0.25, -0.2) is 4.85 Å². The summed E-state index contributed by atoms with van der Waals surface area (Å²) in [5.74, 6) is -0.215. The van der Waals surface area contributed by atoms with E-state index in [2.05, 4.69) is 4.85 Å². The Bertz CT molecular complexity index is 406. The van der Waals surface area contributed by atoms with E-state index in [1.54, 1.807) is 19.1 Å². The summed E-state index contributed by atoms with van der Waals surface area (Å²) in [7, 11) is 1.86. The van der Waals surface area contributed by atoms with E-state index in [9.17, 15) is 4.79 Å². The Morgan fingerprint density at radius 3 is 2.59 bits per heavy atom. The monoisotopic (exact) mass is 232 g/mol. The Morgan fingerprint density at radius 1 is 1.41 bits per heavy atom. The lowest BCUT2D eigenvalue weighted by molar-refractivity contribution is -0.144. The summed E-state index contributed by atoms with van der Waals surface area (Å²) in [5, 5.41) is 0. The van der Waals surface area contributed by atoms with Gasteiger partial charge in [0.1, 0.15) is 0 Å².